The van der Waals surface area contributed by atoms with E-state index in [9.17, 15) is 0 Å². The summed E-state index contributed by atoms with van der Waals surface area (Å²) in [4.78, 5) is 3.00. The van der Waals surface area contributed by atoms with Crippen molar-refractivity contribution in [1.82, 2.24) is 4.90 Å². The van der Waals surface area contributed by atoms with Crippen molar-refractivity contribution in [1.29, 1.82) is 0 Å². The zero-order valence-electron chi connectivity index (χ0n) is 11.2. The molecule has 2 N–H and O–H groups in total. The summed E-state index contributed by atoms with van der Waals surface area (Å²) in [5.41, 5.74) is 5.66. The third kappa shape index (κ3) is 6.34. The summed E-state index contributed by atoms with van der Waals surface area (Å²) in [6.07, 6.45) is 5.25. The monoisotopic (exact) mass is 258 g/mol. The zero-order valence-corrected chi connectivity index (χ0v) is 12.0. The summed E-state index contributed by atoms with van der Waals surface area (Å²) >= 11 is 5.02. The second-order valence-electron chi connectivity index (χ2n) is 5.34. The molecule has 0 unspecified atom stereocenters. The molecule has 0 heterocycles. The van der Waals surface area contributed by atoms with Crippen LogP contribution in [0, 0.1) is 5.92 Å². The summed E-state index contributed by atoms with van der Waals surface area (Å²) in [7, 11) is 0. The third-order valence-electron chi connectivity index (χ3n) is 3.17. The summed E-state index contributed by atoms with van der Waals surface area (Å²) in [6, 6.07) is 0.666. The summed E-state index contributed by atoms with van der Waals surface area (Å²) < 4.78 is 5.64. The minimum Gasteiger partial charge on any atom is -0.392 e. The molecule has 1 aliphatic carbocycles. The lowest BCUT2D eigenvalue weighted by atomic mass is 10.2. The van der Waals surface area contributed by atoms with Crippen LogP contribution < -0.4 is 5.73 Å². The fourth-order valence-electron chi connectivity index (χ4n) is 2.36. The van der Waals surface area contributed by atoms with Gasteiger partial charge in [0.15, 0.2) is 0 Å². The first-order valence-corrected chi connectivity index (χ1v) is 7.10. The molecule has 0 aromatic heterocycles. The van der Waals surface area contributed by atoms with Gasteiger partial charge in [0.1, 0.15) is 0 Å². The molecule has 0 atom stereocenters. The largest absolute Gasteiger partial charge is 0.392 e. The van der Waals surface area contributed by atoms with E-state index in [4.69, 9.17) is 22.7 Å². The smallest absolute Gasteiger partial charge is 0.0870 e. The molecule has 0 bridgehead atoms. The third-order valence-corrected chi connectivity index (χ3v) is 3.30. The minimum absolute atomic E-state index is 0.598. The van der Waals surface area contributed by atoms with Crippen molar-refractivity contribution in [3.63, 3.8) is 0 Å². The van der Waals surface area contributed by atoms with Gasteiger partial charge in [0.25, 0.3) is 0 Å². The number of nitrogens with two attached hydrogens (primary N) is 1. The van der Waals surface area contributed by atoms with Gasteiger partial charge in [-0.3, -0.25) is 4.90 Å². The highest BCUT2D eigenvalue weighted by Gasteiger charge is 2.22. The molecule has 4 heteroatoms. The van der Waals surface area contributed by atoms with Gasteiger partial charge in [0.05, 0.1) is 11.6 Å². The molecular formula is C13H26N2OS. The van der Waals surface area contributed by atoms with Gasteiger partial charge in [-0.25, -0.2) is 0 Å². The van der Waals surface area contributed by atoms with Gasteiger partial charge in [-0.2, -0.15) is 0 Å². The Morgan fingerprint density at radius 2 is 2.06 bits per heavy atom. The quantitative estimate of drug-likeness (QED) is 0.535. The van der Waals surface area contributed by atoms with Crippen LogP contribution in [0.4, 0.5) is 0 Å². The SMILES string of the molecule is CC(C)COCCN(CC(N)=S)C1CCCC1. The molecule has 0 spiro atoms. The van der Waals surface area contributed by atoms with Crippen LogP contribution in [0.5, 0.6) is 0 Å². The van der Waals surface area contributed by atoms with Crippen LogP contribution in [-0.4, -0.2) is 42.2 Å². The van der Waals surface area contributed by atoms with Crippen molar-refractivity contribution in [2.75, 3.05) is 26.3 Å². The van der Waals surface area contributed by atoms with Crippen LogP contribution in [0.25, 0.3) is 0 Å². The topological polar surface area (TPSA) is 38.5 Å². The maximum Gasteiger partial charge on any atom is 0.0870 e. The summed E-state index contributed by atoms with van der Waals surface area (Å²) in [5.74, 6) is 0.602. The molecule has 0 aromatic carbocycles. The van der Waals surface area contributed by atoms with Gasteiger partial charge in [0, 0.05) is 25.7 Å². The van der Waals surface area contributed by atoms with Gasteiger partial charge < -0.3 is 10.5 Å². The van der Waals surface area contributed by atoms with Gasteiger partial charge in [0.2, 0.25) is 0 Å². The highest BCUT2D eigenvalue weighted by Crippen LogP contribution is 2.23. The van der Waals surface area contributed by atoms with E-state index in [2.05, 4.69) is 18.7 Å². The van der Waals surface area contributed by atoms with E-state index in [1.165, 1.54) is 25.7 Å². The lowest BCUT2D eigenvalue weighted by Gasteiger charge is -2.28. The molecule has 0 saturated heterocycles. The van der Waals surface area contributed by atoms with E-state index in [-0.39, 0.29) is 0 Å². The van der Waals surface area contributed by atoms with Gasteiger partial charge in [-0.1, -0.05) is 38.9 Å². The van der Waals surface area contributed by atoms with Gasteiger partial charge in [-0.15, -0.1) is 0 Å². The molecule has 0 aliphatic heterocycles. The minimum atomic E-state index is 0.598. The maximum atomic E-state index is 5.66. The lowest BCUT2D eigenvalue weighted by Crippen LogP contribution is -2.41. The number of thiocarbonyl (C=S) groups is 1. The number of hydrogen-bond donors (Lipinski definition) is 1. The van der Waals surface area contributed by atoms with E-state index in [1.807, 2.05) is 0 Å². The van der Waals surface area contributed by atoms with Crippen molar-refractivity contribution in [3.8, 4) is 0 Å². The van der Waals surface area contributed by atoms with Crippen LogP contribution >= 0.6 is 12.2 Å². The number of nitrogens with zero attached hydrogens (tertiary/aromatic N) is 1. The van der Waals surface area contributed by atoms with E-state index < -0.39 is 0 Å². The fourth-order valence-corrected chi connectivity index (χ4v) is 2.53. The molecule has 1 saturated carbocycles. The number of hydrogen-bond acceptors (Lipinski definition) is 3. The number of ether oxygens (including phenoxy) is 1. The summed E-state index contributed by atoms with van der Waals surface area (Å²) in [5, 5.41) is 0. The van der Waals surface area contributed by atoms with Crippen LogP contribution in [0.3, 0.4) is 0 Å². The van der Waals surface area contributed by atoms with Crippen molar-refractivity contribution in [2.45, 2.75) is 45.6 Å². The average molecular weight is 258 g/mol. The average Bonchev–Trinajstić information content (AvgIpc) is 2.74. The molecule has 1 rings (SSSR count). The number of rotatable bonds is 8. The van der Waals surface area contributed by atoms with E-state index >= 15 is 0 Å². The van der Waals surface area contributed by atoms with E-state index in [0.717, 1.165) is 26.3 Å². The zero-order chi connectivity index (χ0) is 12.7. The van der Waals surface area contributed by atoms with E-state index in [1.54, 1.807) is 0 Å². The van der Waals surface area contributed by atoms with Gasteiger partial charge in [-0.05, 0) is 18.8 Å². The summed E-state index contributed by atoms with van der Waals surface area (Å²) in [6.45, 7) is 7.66. The first kappa shape index (κ1) is 14.9. The first-order valence-electron chi connectivity index (χ1n) is 6.69. The fraction of sp³-hybridized carbons (Fsp3) is 0.923. The Morgan fingerprint density at radius 1 is 1.41 bits per heavy atom. The standard InChI is InChI=1S/C13H26N2OS/c1-11(2)10-16-8-7-15(9-13(14)17)12-5-3-4-6-12/h11-12H,3-10H2,1-2H3,(H2,14,17). The molecule has 0 amide bonds. The molecule has 17 heavy (non-hydrogen) atoms. The highest BCUT2D eigenvalue weighted by molar-refractivity contribution is 7.80. The predicted octanol–water partition coefficient (Wildman–Crippen LogP) is 2.19. The Bertz CT molecular complexity index is 227. The Labute approximate surface area is 111 Å². The van der Waals surface area contributed by atoms with Crippen molar-refractivity contribution >= 4 is 17.2 Å². The molecule has 1 aliphatic rings. The molecule has 100 valence electrons. The Morgan fingerprint density at radius 3 is 2.59 bits per heavy atom. The Hall–Kier alpha value is -0.190. The Kier molecular flexibility index (Phi) is 7.00. The molecule has 0 aromatic rings. The van der Waals surface area contributed by atoms with Crippen molar-refractivity contribution in [2.24, 2.45) is 11.7 Å². The van der Waals surface area contributed by atoms with Crippen molar-refractivity contribution in [3.05, 3.63) is 0 Å². The maximum absolute atomic E-state index is 5.66. The predicted molar refractivity (Wildman–Crippen MR) is 76.3 cm³/mol. The van der Waals surface area contributed by atoms with Crippen LogP contribution in [0.1, 0.15) is 39.5 Å². The van der Waals surface area contributed by atoms with Crippen LogP contribution in [0.15, 0.2) is 0 Å². The molecule has 3 nitrogen and oxygen atoms in total. The Balaban J connectivity index is 2.27. The normalized spacial score (nSPS) is 17.2. The van der Waals surface area contributed by atoms with Crippen LogP contribution in [-0.2, 0) is 4.74 Å². The lowest BCUT2D eigenvalue weighted by molar-refractivity contribution is 0.0783. The van der Waals surface area contributed by atoms with Crippen LogP contribution in [0.2, 0.25) is 0 Å². The second-order valence-corrected chi connectivity index (χ2v) is 5.87. The molecule has 1 fully saturated rings. The molecule has 0 radical (unpaired) electrons. The second kappa shape index (κ2) is 8.01. The van der Waals surface area contributed by atoms with Gasteiger partial charge >= 0.3 is 0 Å². The first-order chi connectivity index (χ1) is 8.09. The van der Waals surface area contributed by atoms with Crippen molar-refractivity contribution < 1.29 is 4.74 Å². The molecular weight excluding hydrogens is 232 g/mol. The van der Waals surface area contributed by atoms with E-state index in [0.29, 0.717) is 16.9 Å². The highest BCUT2D eigenvalue weighted by atomic mass is 32.1.